The smallest absolute Gasteiger partial charge is 0.163 e. The molecule has 0 saturated heterocycles. The summed E-state index contributed by atoms with van der Waals surface area (Å²) in [6.45, 7) is 5.58. The van der Waals surface area contributed by atoms with Crippen molar-refractivity contribution in [3.63, 3.8) is 0 Å². The third-order valence-electron chi connectivity index (χ3n) is 2.83. The number of aromatic hydroxyl groups is 1. The van der Waals surface area contributed by atoms with E-state index in [9.17, 15) is 5.11 Å². The average Bonchev–Trinajstić information content (AvgIpc) is 2.33. The summed E-state index contributed by atoms with van der Waals surface area (Å²) in [5.74, 6) is 0.687. The number of phenolic OH excluding ortho intramolecular Hbond substituents is 1. The molecule has 1 rings (SSSR count). The third-order valence-corrected chi connectivity index (χ3v) is 2.83. The highest BCUT2D eigenvalue weighted by molar-refractivity contribution is 5.51. The molecule has 1 aromatic carbocycles. The van der Waals surface area contributed by atoms with E-state index in [-0.39, 0.29) is 11.9 Å². The second-order valence-corrected chi connectivity index (χ2v) is 3.94. The Bertz CT molecular complexity index is 385. The molecule has 0 saturated carbocycles. The molecule has 3 nitrogen and oxygen atoms in total. The molecule has 1 N–H and O–H groups in total. The van der Waals surface area contributed by atoms with Crippen LogP contribution in [-0.4, -0.2) is 19.3 Å². The Morgan fingerprint density at radius 1 is 1.41 bits per heavy atom. The summed E-state index contributed by atoms with van der Waals surface area (Å²) in [5, 5.41) is 10.1. The molecule has 17 heavy (non-hydrogen) atoms. The van der Waals surface area contributed by atoms with Crippen molar-refractivity contribution in [3.05, 3.63) is 35.9 Å². The lowest BCUT2D eigenvalue weighted by atomic mass is 10.0. The van der Waals surface area contributed by atoms with Gasteiger partial charge in [0.15, 0.2) is 11.5 Å². The van der Waals surface area contributed by atoms with Crippen molar-refractivity contribution in [2.24, 2.45) is 0 Å². The molecule has 0 amide bonds. The fourth-order valence-electron chi connectivity index (χ4n) is 1.87. The Labute approximate surface area is 103 Å². The van der Waals surface area contributed by atoms with Crippen LogP contribution in [0.15, 0.2) is 24.8 Å². The molecule has 0 heterocycles. The van der Waals surface area contributed by atoms with Gasteiger partial charge in [0.05, 0.1) is 13.2 Å². The maximum absolute atomic E-state index is 10.1. The summed E-state index contributed by atoms with van der Waals surface area (Å²) in [7, 11) is 3.19. The minimum atomic E-state index is -0.137. The molecule has 0 radical (unpaired) electrons. The predicted octanol–water partition coefficient (Wildman–Crippen LogP) is 3.36. The van der Waals surface area contributed by atoms with Gasteiger partial charge in [-0.3, -0.25) is 0 Å². The number of allylic oxidation sites excluding steroid dienone is 1. The Hall–Kier alpha value is -1.48. The van der Waals surface area contributed by atoms with Gasteiger partial charge in [-0.15, -0.1) is 6.58 Å². The van der Waals surface area contributed by atoms with Crippen molar-refractivity contribution in [3.8, 4) is 11.5 Å². The van der Waals surface area contributed by atoms with E-state index in [0.717, 1.165) is 24.0 Å². The topological polar surface area (TPSA) is 38.7 Å². The van der Waals surface area contributed by atoms with Crippen LogP contribution < -0.4 is 4.74 Å². The van der Waals surface area contributed by atoms with Crippen molar-refractivity contribution in [2.45, 2.75) is 25.9 Å². The maximum Gasteiger partial charge on any atom is 0.163 e. The molecule has 0 bridgehead atoms. The van der Waals surface area contributed by atoms with Gasteiger partial charge in [-0.25, -0.2) is 0 Å². The summed E-state index contributed by atoms with van der Waals surface area (Å²) < 4.78 is 10.6. The van der Waals surface area contributed by atoms with Crippen LogP contribution in [-0.2, 0) is 4.74 Å². The van der Waals surface area contributed by atoms with Crippen LogP contribution in [0.5, 0.6) is 11.5 Å². The van der Waals surface area contributed by atoms with Crippen molar-refractivity contribution in [1.29, 1.82) is 0 Å². The van der Waals surface area contributed by atoms with E-state index in [4.69, 9.17) is 9.47 Å². The lowest BCUT2D eigenvalue weighted by Crippen LogP contribution is -2.03. The Kier molecular flexibility index (Phi) is 5.04. The normalized spacial score (nSPS) is 12.2. The molecular formula is C14H20O3. The fourth-order valence-corrected chi connectivity index (χ4v) is 1.87. The molecule has 0 aliphatic carbocycles. The van der Waals surface area contributed by atoms with Crippen molar-refractivity contribution >= 4 is 0 Å². The second kappa shape index (κ2) is 6.30. The van der Waals surface area contributed by atoms with Crippen LogP contribution in [0.1, 0.15) is 30.1 Å². The maximum atomic E-state index is 10.1. The van der Waals surface area contributed by atoms with Crippen LogP contribution in [0.4, 0.5) is 0 Å². The van der Waals surface area contributed by atoms with E-state index in [0.29, 0.717) is 5.75 Å². The first-order chi connectivity index (χ1) is 8.15. The summed E-state index contributed by atoms with van der Waals surface area (Å²) in [4.78, 5) is 0. The number of hydrogen-bond donors (Lipinski definition) is 1. The summed E-state index contributed by atoms with van der Waals surface area (Å²) in [5.41, 5.74) is 1.67. The van der Waals surface area contributed by atoms with Gasteiger partial charge >= 0.3 is 0 Å². The highest BCUT2D eigenvalue weighted by Crippen LogP contribution is 2.38. The van der Waals surface area contributed by atoms with E-state index in [1.807, 2.05) is 25.1 Å². The lowest BCUT2D eigenvalue weighted by Gasteiger charge is -2.18. The molecule has 0 aliphatic heterocycles. The number of hydrogen-bond acceptors (Lipinski definition) is 3. The van der Waals surface area contributed by atoms with Crippen molar-refractivity contribution in [1.82, 2.24) is 0 Å². The van der Waals surface area contributed by atoms with Crippen LogP contribution in [0.2, 0.25) is 0 Å². The standard InChI is InChI=1S/C14H20O3/c1-5-6-7-12(16-3)11-9-8-10(2)14(17-4)13(11)15/h5,8-9,12,15H,1,6-7H2,2-4H3. The SMILES string of the molecule is C=CCCC(OC)c1ccc(C)c(OC)c1O. The van der Waals surface area contributed by atoms with Gasteiger partial charge in [0.1, 0.15) is 0 Å². The minimum absolute atomic E-state index is 0.137. The minimum Gasteiger partial charge on any atom is -0.504 e. The second-order valence-electron chi connectivity index (χ2n) is 3.94. The zero-order valence-corrected chi connectivity index (χ0v) is 10.7. The predicted molar refractivity (Wildman–Crippen MR) is 68.6 cm³/mol. The zero-order chi connectivity index (χ0) is 12.8. The molecular weight excluding hydrogens is 216 g/mol. The Morgan fingerprint density at radius 2 is 2.12 bits per heavy atom. The van der Waals surface area contributed by atoms with Crippen LogP contribution in [0, 0.1) is 6.92 Å². The van der Waals surface area contributed by atoms with Gasteiger partial charge < -0.3 is 14.6 Å². The quantitative estimate of drug-likeness (QED) is 0.770. The highest BCUT2D eigenvalue weighted by Gasteiger charge is 2.18. The third kappa shape index (κ3) is 3.01. The number of rotatable bonds is 6. The molecule has 1 unspecified atom stereocenters. The Balaban J connectivity index is 3.07. The lowest BCUT2D eigenvalue weighted by molar-refractivity contribution is 0.0939. The molecule has 1 atom stereocenters. The number of ether oxygens (including phenoxy) is 2. The van der Waals surface area contributed by atoms with E-state index < -0.39 is 0 Å². The summed E-state index contributed by atoms with van der Waals surface area (Å²) >= 11 is 0. The van der Waals surface area contributed by atoms with Gasteiger partial charge in [-0.05, 0) is 25.3 Å². The van der Waals surface area contributed by atoms with Gasteiger partial charge in [-0.1, -0.05) is 18.2 Å². The average molecular weight is 236 g/mol. The molecule has 1 aromatic rings. The van der Waals surface area contributed by atoms with E-state index in [1.165, 1.54) is 0 Å². The van der Waals surface area contributed by atoms with E-state index >= 15 is 0 Å². The first-order valence-electron chi connectivity index (χ1n) is 5.65. The molecule has 0 spiro atoms. The number of aryl methyl sites for hydroxylation is 1. The van der Waals surface area contributed by atoms with E-state index in [1.54, 1.807) is 14.2 Å². The number of phenols is 1. The van der Waals surface area contributed by atoms with Crippen molar-refractivity contribution in [2.75, 3.05) is 14.2 Å². The van der Waals surface area contributed by atoms with Gasteiger partial charge in [-0.2, -0.15) is 0 Å². The Morgan fingerprint density at radius 3 is 2.65 bits per heavy atom. The van der Waals surface area contributed by atoms with E-state index in [2.05, 4.69) is 6.58 Å². The number of methoxy groups -OCH3 is 2. The van der Waals surface area contributed by atoms with Crippen LogP contribution in [0.25, 0.3) is 0 Å². The first-order valence-corrected chi connectivity index (χ1v) is 5.65. The molecule has 0 fully saturated rings. The largest absolute Gasteiger partial charge is 0.504 e. The van der Waals surface area contributed by atoms with Crippen LogP contribution >= 0.6 is 0 Å². The highest BCUT2D eigenvalue weighted by atomic mass is 16.5. The molecule has 3 heteroatoms. The molecule has 94 valence electrons. The summed E-state index contributed by atoms with van der Waals surface area (Å²) in [6, 6.07) is 3.80. The van der Waals surface area contributed by atoms with Gasteiger partial charge in [0, 0.05) is 12.7 Å². The molecule has 0 aromatic heterocycles. The van der Waals surface area contributed by atoms with Crippen LogP contribution in [0.3, 0.4) is 0 Å². The van der Waals surface area contributed by atoms with Crippen molar-refractivity contribution < 1.29 is 14.6 Å². The fraction of sp³-hybridized carbons (Fsp3) is 0.429. The number of benzene rings is 1. The first kappa shape index (κ1) is 13.6. The monoisotopic (exact) mass is 236 g/mol. The zero-order valence-electron chi connectivity index (χ0n) is 10.7. The molecule has 0 aliphatic rings. The van der Waals surface area contributed by atoms with Gasteiger partial charge in [0.25, 0.3) is 0 Å². The summed E-state index contributed by atoms with van der Waals surface area (Å²) in [6.07, 6.45) is 3.34. The van der Waals surface area contributed by atoms with Gasteiger partial charge in [0.2, 0.25) is 0 Å².